The molecule has 1 heterocycles. The lowest BCUT2D eigenvalue weighted by Gasteiger charge is -2.30. The molecular weight excluding hydrogens is 277 g/mol. The first-order valence-corrected chi connectivity index (χ1v) is 6.42. The maximum absolute atomic E-state index is 12.7. The Kier molecular flexibility index (Phi) is 6.50. The van der Waals surface area contributed by atoms with Crippen LogP contribution in [0.3, 0.4) is 0 Å². The Balaban J connectivity index is 2.42. The number of ether oxygens (including phenoxy) is 1. The number of nitrogens with one attached hydrogen (secondary N) is 1. The smallest absolute Gasteiger partial charge is 0.400 e. The first-order valence-electron chi connectivity index (χ1n) is 6.42. The third-order valence-corrected chi connectivity index (χ3v) is 3.17. The molecule has 0 bridgehead atoms. The third-order valence-electron chi connectivity index (χ3n) is 3.17. The highest BCUT2D eigenvalue weighted by Gasteiger charge is 2.42. The fraction of sp³-hybridized carbons (Fsp3) is 0.909. The molecule has 0 radical (unpaired) electrons. The summed E-state index contributed by atoms with van der Waals surface area (Å²) in [7, 11) is 0. The molecule has 0 aliphatic carbocycles. The number of oxime groups is 1. The SMILES string of the molecule is CC(CN1CCOCC1)NCC(C(N)=NO)C(F)(F)F. The van der Waals surface area contributed by atoms with Crippen molar-refractivity contribution in [2.45, 2.75) is 19.1 Å². The molecule has 2 unspecified atom stereocenters. The van der Waals surface area contributed by atoms with Gasteiger partial charge in [-0.05, 0) is 6.92 Å². The maximum Gasteiger partial charge on any atom is 0.400 e. The van der Waals surface area contributed by atoms with E-state index in [4.69, 9.17) is 15.7 Å². The highest BCUT2D eigenvalue weighted by molar-refractivity contribution is 5.83. The van der Waals surface area contributed by atoms with E-state index in [0.717, 1.165) is 13.1 Å². The predicted molar refractivity (Wildman–Crippen MR) is 67.7 cm³/mol. The summed E-state index contributed by atoms with van der Waals surface area (Å²) in [6, 6.07) is -0.135. The molecule has 0 amide bonds. The van der Waals surface area contributed by atoms with Crippen LogP contribution in [0.15, 0.2) is 5.16 Å². The quantitative estimate of drug-likeness (QED) is 0.283. The van der Waals surface area contributed by atoms with E-state index in [2.05, 4.69) is 15.4 Å². The zero-order valence-corrected chi connectivity index (χ0v) is 11.4. The van der Waals surface area contributed by atoms with Gasteiger partial charge in [-0.25, -0.2) is 0 Å². The molecule has 6 nitrogen and oxygen atoms in total. The van der Waals surface area contributed by atoms with Gasteiger partial charge in [0.25, 0.3) is 0 Å². The summed E-state index contributed by atoms with van der Waals surface area (Å²) >= 11 is 0. The third kappa shape index (κ3) is 5.51. The van der Waals surface area contributed by atoms with Crippen LogP contribution in [-0.2, 0) is 4.74 Å². The molecule has 0 aromatic carbocycles. The molecule has 0 aromatic heterocycles. The summed E-state index contributed by atoms with van der Waals surface area (Å²) in [5.41, 5.74) is 5.09. The maximum atomic E-state index is 12.7. The molecule has 9 heteroatoms. The zero-order valence-electron chi connectivity index (χ0n) is 11.4. The Morgan fingerprint density at radius 2 is 2.05 bits per heavy atom. The van der Waals surface area contributed by atoms with E-state index < -0.39 is 24.5 Å². The average Bonchev–Trinajstić information content (AvgIpc) is 2.38. The Hall–Kier alpha value is -1.06. The second kappa shape index (κ2) is 7.65. The largest absolute Gasteiger partial charge is 0.409 e. The van der Waals surface area contributed by atoms with Gasteiger partial charge in [0.2, 0.25) is 0 Å². The zero-order chi connectivity index (χ0) is 15.2. The second-order valence-corrected chi connectivity index (χ2v) is 4.84. The summed E-state index contributed by atoms with van der Waals surface area (Å²) in [5, 5.41) is 13.6. The number of rotatable bonds is 6. The van der Waals surface area contributed by atoms with Crippen LogP contribution in [0.25, 0.3) is 0 Å². The minimum atomic E-state index is -4.54. The fourth-order valence-electron chi connectivity index (χ4n) is 2.01. The van der Waals surface area contributed by atoms with E-state index >= 15 is 0 Å². The van der Waals surface area contributed by atoms with Crippen molar-refractivity contribution in [1.29, 1.82) is 0 Å². The van der Waals surface area contributed by atoms with Crippen molar-refractivity contribution in [3.05, 3.63) is 0 Å². The number of nitrogens with zero attached hydrogens (tertiary/aromatic N) is 2. The van der Waals surface area contributed by atoms with Gasteiger partial charge in [-0.1, -0.05) is 5.16 Å². The lowest BCUT2D eigenvalue weighted by Crippen LogP contribution is -2.49. The summed E-state index contributed by atoms with van der Waals surface area (Å²) in [6.07, 6.45) is -4.54. The minimum Gasteiger partial charge on any atom is -0.409 e. The Bertz CT molecular complexity index is 319. The van der Waals surface area contributed by atoms with Crippen LogP contribution >= 0.6 is 0 Å². The monoisotopic (exact) mass is 298 g/mol. The van der Waals surface area contributed by atoms with Gasteiger partial charge in [-0.15, -0.1) is 0 Å². The summed E-state index contributed by atoms with van der Waals surface area (Å²) in [5.74, 6) is -2.82. The van der Waals surface area contributed by atoms with Crippen LogP contribution in [0.5, 0.6) is 0 Å². The number of nitrogens with two attached hydrogens (primary N) is 1. The molecule has 1 aliphatic rings. The number of halogens is 3. The van der Waals surface area contributed by atoms with Crippen molar-refractivity contribution < 1.29 is 23.1 Å². The molecule has 4 N–H and O–H groups in total. The predicted octanol–water partition coefficient (Wildman–Crippen LogP) is 0.222. The van der Waals surface area contributed by atoms with Gasteiger partial charge in [0.1, 0.15) is 5.92 Å². The molecule has 1 fully saturated rings. The molecule has 0 spiro atoms. The van der Waals surface area contributed by atoms with Crippen molar-refractivity contribution >= 4 is 5.84 Å². The van der Waals surface area contributed by atoms with E-state index in [1.807, 2.05) is 0 Å². The van der Waals surface area contributed by atoms with E-state index in [-0.39, 0.29) is 6.04 Å². The van der Waals surface area contributed by atoms with Crippen molar-refractivity contribution in [3.8, 4) is 0 Å². The lowest BCUT2D eigenvalue weighted by atomic mass is 10.1. The highest BCUT2D eigenvalue weighted by Crippen LogP contribution is 2.25. The topological polar surface area (TPSA) is 83.1 Å². The number of alkyl halides is 3. The molecule has 1 aliphatic heterocycles. The van der Waals surface area contributed by atoms with Gasteiger partial charge >= 0.3 is 6.18 Å². The Labute approximate surface area is 115 Å². The molecule has 0 aromatic rings. The van der Waals surface area contributed by atoms with E-state index in [1.54, 1.807) is 6.92 Å². The van der Waals surface area contributed by atoms with Gasteiger partial charge in [0.05, 0.1) is 13.2 Å². The van der Waals surface area contributed by atoms with Crippen LogP contribution in [0.4, 0.5) is 13.2 Å². The molecule has 2 atom stereocenters. The van der Waals surface area contributed by atoms with Gasteiger partial charge in [-0.3, -0.25) is 4.90 Å². The Morgan fingerprint density at radius 3 is 2.55 bits per heavy atom. The standard InChI is InChI=1S/C11H21F3N4O2/c1-8(7-18-2-4-20-5-3-18)16-6-9(10(15)17-19)11(12,13)14/h8-9,16,19H,2-7H2,1H3,(H2,15,17). The molecule has 118 valence electrons. The van der Waals surface area contributed by atoms with Crippen LogP contribution < -0.4 is 11.1 Å². The van der Waals surface area contributed by atoms with E-state index in [0.29, 0.717) is 19.8 Å². The number of morpholine rings is 1. The van der Waals surface area contributed by atoms with Crippen molar-refractivity contribution in [2.24, 2.45) is 16.8 Å². The van der Waals surface area contributed by atoms with Gasteiger partial charge in [0, 0.05) is 32.2 Å². The normalized spacial score (nSPS) is 21.7. The number of hydrogen-bond donors (Lipinski definition) is 3. The first-order chi connectivity index (χ1) is 9.34. The van der Waals surface area contributed by atoms with Crippen LogP contribution in [0.1, 0.15) is 6.92 Å². The Morgan fingerprint density at radius 1 is 1.45 bits per heavy atom. The number of amidine groups is 1. The number of hydrogen-bond acceptors (Lipinski definition) is 5. The summed E-state index contributed by atoms with van der Waals surface area (Å²) < 4.78 is 43.4. The summed E-state index contributed by atoms with van der Waals surface area (Å²) in [4.78, 5) is 2.12. The molecule has 1 rings (SSSR count). The summed E-state index contributed by atoms with van der Waals surface area (Å²) in [6.45, 7) is 4.85. The van der Waals surface area contributed by atoms with Gasteiger partial charge < -0.3 is 21.0 Å². The van der Waals surface area contributed by atoms with Crippen molar-refractivity contribution in [1.82, 2.24) is 10.2 Å². The molecular formula is C11H21F3N4O2. The van der Waals surface area contributed by atoms with Gasteiger partial charge in [-0.2, -0.15) is 13.2 Å². The van der Waals surface area contributed by atoms with Crippen molar-refractivity contribution in [2.75, 3.05) is 39.4 Å². The minimum absolute atomic E-state index is 0.135. The van der Waals surface area contributed by atoms with Crippen LogP contribution in [0, 0.1) is 5.92 Å². The molecule has 0 saturated carbocycles. The van der Waals surface area contributed by atoms with Crippen molar-refractivity contribution in [3.63, 3.8) is 0 Å². The second-order valence-electron chi connectivity index (χ2n) is 4.84. The fourth-order valence-corrected chi connectivity index (χ4v) is 2.01. The molecule has 20 heavy (non-hydrogen) atoms. The average molecular weight is 298 g/mol. The lowest BCUT2D eigenvalue weighted by molar-refractivity contribution is -0.155. The van der Waals surface area contributed by atoms with Crippen LogP contribution in [0.2, 0.25) is 0 Å². The van der Waals surface area contributed by atoms with E-state index in [1.165, 1.54) is 0 Å². The van der Waals surface area contributed by atoms with E-state index in [9.17, 15) is 13.2 Å². The highest BCUT2D eigenvalue weighted by atomic mass is 19.4. The van der Waals surface area contributed by atoms with Gasteiger partial charge in [0.15, 0.2) is 5.84 Å². The van der Waals surface area contributed by atoms with Crippen LogP contribution in [-0.4, -0.2) is 67.6 Å². The molecule has 1 saturated heterocycles. The first kappa shape index (κ1) is 17.0.